The van der Waals surface area contributed by atoms with Crippen molar-refractivity contribution in [1.82, 2.24) is 0 Å². The fourth-order valence-corrected chi connectivity index (χ4v) is 2.52. The van der Waals surface area contributed by atoms with Crippen LogP contribution in [0.25, 0.3) is 0 Å². The summed E-state index contributed by atoms with van der Waals surface area (Å²) in [7, 11) is 1.71. The second kappa shape index (κ2) is 6.14. The Kier molecular flexibility index (Phi) is 5.32. The molecule has 0 saturated heterocycles. The first-order valence-electron chi connectivity index (χ1n) is 7.28. The van der Waals surface area contributed by atoms with Gasteiger partial charge in [-0.05, 0) is 50.4 Å². The molecule has 0 spiro atoms. The van der Waals surface area contributed by atoms with Crippen molar-refractivity contribution >= 4 is 0 Å². The lowest BCUT2D eigenvalue weighted by atomic mass is 9.71. The largest absolute Gasteiger partial charge is 0.356 e. The molecule has 0 bridgehead atoms. The Morgan fingerprint density at radius 1 is 1.06 bits per heavy atom. The van der Waals surface area contributed by atoms with E-state index in [9.17, 15) is 0 Å². The van der Waals surface area contributed by atoms with Crippen molar-refractivity contribution in [2.45, 2.75) is 78.5 Å². The third-order valence-corrected chi connectivity index (χ3v) is 4.45. The van der Waals surface area contributed by atoms with Gasteiger partial charge < -0.3 is 4.74 Å². The Morgan fingerprint density at radius 3 is 2.00 bits per heavy atom. The summed E-state index contributed by atoms with van der Waals surface area (Å²) in [6, 6.07) is 0.407. The van der Waals surface area contributed by atoms with Gasteiger partial charge in [0.15, 0.2) is 5.72 Å². The third kappa shape index (κ3) is 4.34. The Hall–Kier alpha value is -0.440. The summed E-state index contributed by atoms with van der Waals surface area (Å²) in [6.45, 7) is 11.1. The average molecular weight is 254 g/mol. The molecule has 0 N–H and O–H groups in total. The molecule has 1 aliphatic carbocycles. The molecule has 1 saturated carbocycles. The minimum Gasteiger partial charge on any atom is -0.356 e. The molecule has 0 aromatic carbocycles. The zero-order valence-corrected chi connectivity index (χ0v) is 13.0. The van der Waals surface area contributed by atoms with E-state index in [1.807, 2.05) is 6.92 Å². The van der Waals surface area contributed by atoms with Crippen LogP contribution in [0.4, 0.5) is 0 Å². The smallest absolute Gasteiger partial charge is 0.175 e. The molecular weight excluding hydrogens is 224 g/mol. The lowest BCUT2D eigenvalue weighted by Gasteiger charge is -2.35. The summed E-state index contributed by atoms with van der Waals surface area (Å²) < 4.78 is 5.39. The van der Waals surface area contributed by atoms with Crippen LogP contribution in [0.1, 0.15) is 66.7 Å². The van der Waals surface area contributed by atoms with Crippen molar-refractivity contribution < 1.29 is 4.74 Å². The summed E-state index contributed by atoms with van der Waals surface area (Å²) in [5.74, 6) is 0.837. The summed E-state index contributed by atoms with van der Waals surface area (Å²) in [6.07, 6.45) is 5.78. The predicted octanol–water partition coefficient (Wildman–Crippen LogP) is 4.82. The van der Waals surface area contributed by atoms with Crippen molar-refractivity contribution in [3.8, 4) is 0 Å². The maximum absolute atomic E-state index is 5.39. The van der Waals surface area contributed by atoms with Gasteiger partial charge in [-0.15, -0.1) is 0 Å². The minimum absolute atomic E-state index is 0.407. The van der Waals surface area contributed by atoms with Crippen LogP contribution in [0.3, 0.4) is 0 Å². The summed E-state index contributed by atoms with van der Waals surface area (Å²) in [4.78, 5) is 0. The topological polar surface area (TPSA) is 34.0 Å². The molecular formula is C15H30N2O. The fourth-order valence-electron chi connectivity index (χ4n) is 2.52. The molecule has 1 unspecified atom stereocenters. The molecule has 0 aromatic rings. The van der Waals surface area contributed by atoms with Crippen LogP contribution in [0.15, 0.2) is 10.2 Å². The highest BCUT2D eigenvalue weighted by atomic mass is 16.5. The van der Waals surface area contributed by atoms with E-state index in [-0.39, 0.29) is 0 Å². The maximum Gasteiger partial charge on any atom is 0.175 e. The zero-order valence-electron chi connectivity index (χ0n) is 13.0. The van der Waals surface area contributed by atoms with Gasteiger partial charge in [0.05, 0.1) is 6.04 Å². The molecule has 0 amide bonds. The summed E-state index contributed by atoms with van der Waals surface area (Å²) in [5, 5.41) is 8.92. The number of rotatable bonds is 4. The molecule has 1 aliphatic rings. The van der Waals surface area contributed by atoms with Gasteiger partial charge in [0.1, 0.15) is 0 Å². The quantitative estimate of drug-likeness (QED) is 0.662. The van der Waals surface area contributed by atoms with E-state index < -0.39 is 5.72 Å². The van der Waals surface area contributed by atoms with Gasteiger partial charge in [0.2, 0.25) is 0 Å². The molecule has 3 nitrogen and oxygen atoms in total. The van der Waals surface area contributed by atoms with Gasteiger partial charge in [-0.3, -0.25) is 0 Å². The first kappa shape index (κ1) is 15.6. The van der Waals surface area contributed by atoms with E-state index >= 15 is 0 Å². The van der Waals surface area contributed by atoms with Crippen LogP contribution in [-0.2, 0) is 4.74 Å². The summed E-state index contributed by atoms with van der Waals surface area (Å²) >= 11 is 0. The Morgan fingerprint density at radius 2 is 1.61 bits per heavy atom. The molecule has 0 heterocycles. The maximum atomic E-state index is 5.39. The highest BCUT2D eigenvalue weighted by Gasteiger charge is 2.30. The van der Waals surface area contributed by atoms with Crippen LogP contribution in [0.2, 0.25) is 0 Å². The molecule has 1 atom stereocenters. The SMILES string of the molecule is CCC(C)(N=NC1CCC(C(C)(C)C)CC1)OC. The highest BCUT2D eigenvalue weighted by Crippen LogP contribution is 2.38. The Labute approximate surface area is 112 Å². The van der Waals surface area contributed by atoms with Crippen molar-refractivity contribution in [3.63, 3.8) is 0 Å². The lowest BCUT2D eigenvalue weighted by Crippen LogP contribution is -2.28. The number of nitrogens with zero attached hydrogens (tertiary/aromatic N) is 2. The van der Waals surface area contributed by atoms with Crippen LogP contribution in [0.5, 0.6) is 0 Å². The van der Waals surface area contributed by atoms with Gasteiger partial charge in [-0.25, -0.2) is 0 Å². The van der Waals surface area contributed by atoms with Gasteiger partial charge >= 0.3 is 0 Å². The predicted molar refractivity (Wildman–Crippen MR) is 75.8 cm³/mol. The molecule has 106 valence electrons. The van der Waals surface area contributed by atoms with E-state index in [1.54, 1.807) is 7.11 Å². The average Bonchev–Trinajstić information content (AvgIpc) is 2.35. The molecule has 0 radical (unpaired) electrons. The lowest BCUT2D eigenvalue weighted by molar-refractivity contribution is 0.00240. The zero-order chi connectivity index (χ0) is 13.8. The Bertz CT molecular complexity index is 269. The normalized spacial score (nSPS) is 29.4. The molecule has 0 aliphatic heterocycles. The molecule has 1 rings (SSSR count). The first-order valence-corrected chi connectivity index (χ1v) is 7.28. The Balaban J connectivity index is 2.47. The number of hydrogen-bond donors (Lipinski definition) is 0. The molecule has 18 heavy (non-hydrogen) atoms. The van der Waals surface area contributed by atoms with Gasteiger partial charge in [0, 0.05) is 7.11 Å². The van der Waals surface area contributed by atoms with Crippen molar-refractivity contribution in [1.29, 1.82) is 0 Å². The molecule has 0 aromatic heterocycles. The van der Waals surface area contributed by atoms with Crippen LogP contribution in [0, 0.1) is 11.3 Å². The first-order chi connectivity index (χ1) is 8.30. The van der Waals surface area contributed by atoms with Gasteiger partial charge in [0.25, 0.3) is 0 Å². The number of azo groups is 1. The monoisotopic (exact) mass is 254 g/mol. The van der Waals surface area contributed by atoms with E-state index in [4.69, 9.17) is 4.74 Å². The fraction of sp³-hybridized carbons (Fsp3) is 1.00. The van der Waals surface area contributed by atoms with Crippen molar-refractivity contribution in [3.05, 3.63) is 0 Å². The third-order valence-electron chi connectivity index (χ3n) is 4.45. The van der Waals surface area contributed by atoms with Gasteiger partial charge in [-0.2, -0.15) is 10.2 Å². The minimum atomic E-state index is -0.430. The van der Waals surface area contributed by atoms with E-state index in [0.717, 1.165) is 12.3 Å². The van der Waals surface area contributed by atoms with E-state index in [1.165, 1.54) is 25.7 Å². The second-order valence-electron chi connectivity index (χ2n) is 6.82. The van der Waals surface area contributed by atoms with Gasteiger partial charge in [-0.1, -0.05) is 27.7 Å². The van der Waals surface area contributed by atoms with Crippen LogP contribution in [-0.4, -0.2) is 18.9 Å². The van der Waals surface area contributed by atoms with E-state index in [0.29, 0.717) is 11.5 Å². The van der Waals surface area contributed by atoms with Crippen LogP contribution >= 0.6 is 0 Å². The highest BCUT2D eigenvalue weighted by molar-refractivity contribution is 4.83. The summed E-state index contributed by atoms with van der Waals surface area (Å²) in [5.41, 5.74) is 0.00739. The number of methoxy groups -OCH3 is 1. The standard InChI is InChI=1S/C15H30N2O/c1-7-15(5,18-6)17-16-13-10-8-12(9-11-13)14(2,3)4/h12-13H,7-11H2,1-6H3. The van der Waals surface area contributed by atoms with Crippen molar-refractivity contribution in [2.75, 3.05) is 7.11 Å². The number of ether oxygens (including phenoxy) is 1. The van der Waals surface area contributed by atoms with Crippen molar-refractivity contribution in [2.24, 2.45) is 21.6 Å². The van der Waals surface area contributed by atoms with E-state index in [2.05, 4.69) is 37.9 Å². The second-order valence-corrected chi connectivity index (χ2v) is 6.82. The molecule has 3 heteroatoms. The van der Waals surface area contributed by atoms with Crippen LogP contribution < -0.4 is 0 Å². The molecule has 1 fully saturated rings. The number of hydrogen-bond acceptors (Lipinski definition) is 3.